The molecule has 4 rings (SSSR count). The molecule has 1 aliphatic rings. The lowest BCUT2D eigenvalue weighted by Gasteiger charge is -2.23. The number of likely N-dealkylation sites (N-methyl/N-ethyl adjacent to an activating group) is 1. The highest BCUT2D eigenvalue weighted by Gasteiger charge is 2.21. The Kier molecular flexibility index (Phi) is 8.54. The molecule has 6 nitrogen and oxygen atoms in total. The van der Waals surface area contributed by atoms with Crippen LogP contribution in [0.5, 0.6) is 0 Å². The molecule has 34 heavy (non-hydrogen) atoms. The molecule has 0 saturated heterocycles. The van der Waals surface area contributed by atoms with Gasteiger partial charge in [-0.1, -0.05) is 30.3 Å². The standard InChI is InChI=1S/C25H25FN4O2.C2H4/c1-2-30(14-25-27-22-10-9-17(15-31)11-23(22)28-25)29-24(16-32)20-7-3-5-18(12-20)19-6-4-8-21(26)13-19;1-2/h3-13,15,25,27-28,32H,2,14,16H2,1H3;1-2H2/b29-24+;. The van der Waals surface area contributed by atoms with E-state index in [4.69, 9.17) is 0 Å². The Balaban J connectivity index is 0.00000158. The first-order chi connectivity index (χ1) is 16.6. The van der Waals surface area contributed by atoms with Crippen LogP contribution < -0.4 is 10.6 Å². The van der Waals surface area contributed by atoms with E-state index in [9.17, 15) is 14.3 Å². The molecule has 1 unspecified atom stereocenters. The third-order valence-electron chi connectivity index (χ3n) is 5.36. The Morgan fingerprint density at radius 2 is 1.76 bits per heavy atom. The van der Waals surface area contributed by atoms with Crippen molar-refractivity contribution in [1.29, 1.82) is 0 Å². The molecule has 1 heterocycles. The number of hydrogen-bond donors (Lipinski definition) is 3. The average molecular weight is 461 g/mol. The number of anilines is 2. The molecule has 3 N–H and O–H groups in total. The van der Waals surface area contributed by atoms with Gasteiger partial charge in [-0.25, -0.2) is 4.39 Å². The molecule has 3 aromatic carbocycles. The van der Waals surface area contributed by atoms with Crippen LogP contribution in [0.15, 0.2) is 85.0 Å². The number of carbonyl (C=O) groups is 1. The van der Waals surface area contributed by atoms with Gasteiger partial charge < -0.3 is 15.7 Å². The summed E-state index contributed by atoms with van der Waals surface area (Å²) in [5.41, 5.74) is 5.36. The second kappa shape index (κ2) is 11.8. The third-order valence-corrected chi connectivity index (χ3v) is 5.36. The second-order valence-corrected chi connectivity index (χ2v) is 7.57. The van der Waals surface area contributed by atoms with Gasteiger partial charge in [-0.3, -0.25) is 9.80 Å². The molecule has 0 aromatic heterocycles. The number of halogens is 1. The van der Waals surface area contributed by atoms with Crippen LogP contribution in [-0.2, 0) is 0 Å². The summed E-state index contributed by atoms with van der Waals surface area (Å²) in [6.07, 6.45) is 0.734. The van der Waals surface area contributed by atoms with E-state index < -0.39 is 0 Å². The van der Waals surface area contributed by atoms with Gasteiger partial charge >= 0.3 is 0 Å². The molecule has 176 valence electrons. The Morgan fingerprint density at radius 1 is 1.06 bits per heavy atom. The Hall–Kier alpha value is -3.97. The molecule has 1 atom stereocenters. The summed E-state index contributed by atoms with van der Waals surface area (Å²) in [5, 5.41) is 23.3. The van der Waals surface area contributed by atoms with Gasteiger partial charge in [0.05, 0.1) is 30.2 Å². The maximum absolute atomic E-state index is 13.6. The molecule has 0 fully saturated rings. The Morgan fingerprint density at radius 3 is 2.44 bits per heavy atom. The largest absolute Gasteiger partial charge is 0.390 e. The molecule has 0 spiro atoms. The number of carbonyl (C=O) groups excluding carboxylic acids is 1. The van der Waals surface area contributed by atoms with E-state index in [0.29, 0.717) is 24.4 Å². The molecular formula is C27H29FN4O2. The van der Waals surface area contributed by atoms with Crippen molar-refractivity contribution in [3.05, 3.63) is 96.8 Å². The highest BCUT2D eigenvalue weighted by atomic mass is 19.1. The van der Waals surface area contributed by atoms with E-state index in [1.165, 1.54) is 12.1 Å². The fraction of sp³-hybridized carbons (Fsp3) is 0.185. The van der Waals surface area contributed by atoms with E-state index in [1.807, 2.05) is 54.4 Å². The van der Waals surface area contributed by atoms with Crippen LogP contribution in [-0.4, -0.2) is 48.0 Å². The zero-order valence-electron chi connectivity index (χ0n) is 19.2. The molecule has 0 radical (unpaired) electrons. The first-order valence-electron chi connectivity index (χ1n) is 11.0. The highest BCUT2D eigenvalue weighted by molar-refractivity contribution is 6.02. The van der Waals surface area contributed by atoms with Crippen molar-refractivity contribution in [2.75, 3.05) is 30.3 Å². The predicted octanol–water partition coefficient (Wildman–Crippen LogP) is 4.99. The van der Waals surface area contributed by atoms with Gasteiger partial charge in [-0.15, -0.1) is 13.2 Å². The zero-order valence-corrected chi connectivity index (χ0v) is 19.2. The van der Waals surface area contributed by atoms with Gasteiger partial charge in [0.15, 0.2) is 0 Å². The summed E-state index contributed by atoms with van der Waals surface area (Å²) >= 11 is 0. The number of hydrogen-bond acceptors (Lipinski definition) is 6. The highest BCUT2D eigenvalue weighted by Crippen LogP contribution is 2.29. The van der Waals surface area contributed by atoms with Gasteiger partial charge in [0.2, 0.25) is 0 Å². The molecular weight excluding hydrogens is 431 g/mol. The van der Waals surface area contributed by atoms with Gasteiger partial charge in [0.1, 0.15) is 18.3 Å². The van der Waals surface area contributed by atoms with Crippen molar-refractivity contribution in [3.63, 3.8) is 0 Å². The van der Waals surface area contributed by atoms with Crippen LogP contribution in [0.25, 0.3) is 11.1 Å². The summed E-state index contributed by atoms with van der Waals surface area (Å²) in [6, 6.07) is 19.4. The van der Waals surface area contributed by atoms with E-state index in [-0.39, 0.29) is 18.6 Å². The third kappa shape index (κ3) is 5.88. The van der Waals surface area contributed by atoms with E-state index in [1.54, 1.807) is 12.1 Å². The van der Waals surface area contributed by atoms with Crippen molar-refractivity contribution < 1.29 is 14.3 Å². The van der Waals surface area contributed by atoms with Gasteiger partial charge in [-0.2, -0.15) is 5.10 Å². The number of aliphatic hydroxyl groups excluding tert-OH is 1. The zero-order chi connectivity index (χ0) is 24.5. The van der Waals surface area contributed by atoms with Crippen molar-refractivity contribution in [2.45, 2.75) is 13.1 Å². The number of aldehydes is 1. The van der Waals surface area contributed by atoms with Crippen LogP contribution in [0, 0.1) is 5.82 Å². The topological polar surface area (TPSA) is 77.0 Å². The Bertz CT molecular complexity index is 1160. The molecule has 3 aromatic rings. The molecule has 0 aliphatic carbocycles. The van der Waals surface area contributed by atoms with Crippen LogP contribution in [0.4, 0.5) is 15.8 Å². The van der Waals surface area contributed by atoms with Crippen LogP contribution in [0.2, 0.25) is 0 Å². The quantitative estimate of drug-likeness (QED) is 0.191. The average Bonchev–Trinajstić information content (AvgIpc) is 3.29. The van der Waals surface area contributed by atoms with E-state index in [2.05, 4.69) is 28.9 Å². The number of nitrogens with one attached hydrogen (secondary N) is 2. The van der Waals surface area contributed by atoms with Crippen LogP contribution in [0.1, 0.15) is 22.8 Å². The number of hydrazone groups is 1. The lowest BCUT2D eigenvalue weighted by Crippen LogP contribution is -2.36. The SMILES string of the molecule is C=C.CCN(CC1Nc2ccc(C=O)cc2N1)/N=C(\CO)c1cccc(-c2cccc(F)c2)c1. The smallest absolute Gasteiger partial charge is 0.150 e. The first kappa shape index (κ1) is 24.7. The summed E-state index contributed by atoms with van der Waals surface area (Å²) < 4.78 is 13.6. The number of fused-ring (bicyclic) bond motifs is 1. The minimum absolute atomic E-state index is 0.0887. The molecule has 0 amide bonds. The normalized spacial score (nSPS) is 14.2. The lowest BCUT2D eigenvalue weighted by molar-refractivity contribution is 0.112. The maximum Gasteiger partial charge on any atom is 0.150 e. The predicted molar refractivity (Wildman–Crippen MR) is 137 cm³/mol. The van der Waals surface area contributed by atoms with Gasteiger partial charge in [0.25, 0.3) is 0 Å². The van der Waals surface area contributed by atoms with Crippen molar-refractivity contribution in [2.24, 2.45) is 5.10 Å². The summed E-state index contributed by atoms with van der Waals surface area (Å²) in [4.78, 5) is 11.0. The van der Waals surface area contributed by atoms with Crippen LogP contribution in [0.3, 0.4) is 0 Å². The summed E-state index contributed by atoms with van der Waals surface area (Å²) in [5.74, 6) is -0.293. The van der Waals surface area contributed by atoms with Crippen molar-refractivity contribution >= 4 is 23.4 Å². The molecule has 0 bridgehead atoms. The fourth-order valence-corrected chi connectivity index (χ4v) is 3.73. The van der Waals surface area contributed by atoms with E-state index >= 15 is 0 Å². The Labute approximate surface area is 199 Å². The monoisotopic (exact) mass is 460 g/mol. The molecule has 7 heteroatoms. The maximum atomic E-state index is 13.6. The molecule has 0 saturated carbocycles. The number of benzene rings is 3. The second-order valence-electron chi connectivity index (χ2n) is 7.57. The summed E-state index contributed by atoms with van der Waals surface area (Å²) in [6.45, 7) is 8.96. The van der Waals surface area contributed by atoms with Gasteiger partial charge in [0, 0.05) is 17.7 Å². The number of nitrogens with zero attached hydrogens (tertiary/aromatic N) is 2. The van der Waals surface area contributed by atoms with Crippen LogP contribution >= 0.6 is 0 Å². The molecule has 1 aliphatic heterocycles. The number of rotatable bonds is 8. The van der Waals surface area contributed by atoms with Crippen molar-refractivity contribution in [1.82, 2.24) is 5.01 Å². The fourth-order valence-electron chi connectivity index (χ4n) is 3.73. The van der Waals surface area contributed by atoms with Gasteiger partial charge in [-0.05, 0) is 54.4 Å². The minimum Gasteiger partial charge on any atom is -0.390 e. The minimum atomic E-state index is -0.293. The lowest BCUT2D eigenvalue weighted by atomic mass is 10.0. The first-order valence-corrected chi connectivity index (χ1v) is 11.0. The number of aliphatic hydroxyl groups is 1. The summed E-state index contributed by atoms with van der Waals surface area (Å²) in [7, 11) is 0. The van der Waals surface area contributed by atoms with Crippen molar-refractivity contribution in [3.8, 4) is 11.1 Å². The van der Waals surface area contributed by atoms with E-state index in [0.717, 1.165) is 34.4 Å².